The third-order valence-electron chi connectivity index (χ3n) is 3.19. The summed E-state index contributed by atoms with van der Waals surface area (Å²) in [7, 11) is 1.52. The molecule has 0 bridgehead atoms. The molecule has 126 valence electrons. The van der Waals surface area contributed by atoms with E-state index in [0.29, 0.717) is 27.1 Å². The third kappa shape index (κ3) is 5.02. The molecule has 0 aromatic heterocycles. The summed E-state index contributed by atoms with van der Waals surface area (Å²) in [6.45, 7) is 0.249. The van der Waals surface area contributed by atoms with Crippen molar-refractivity contribution in [3.05, 3.63) is 60.6 Å². The van der Waals surface area contributed by atoms with Gasteiger partial charge in [-0.3, -0.25) is 0 Å². The lowest BCUT2D eigenvalue weighted by molar-refractivity contribution is 0.282. The second-order valence-electron chi connectivity index (χ2n) is 4.84. The summed E-state index contributed by atoms with van der Waals surface area (Å²) in [4.78, 5) is 0. The monoisotopic (exact) mass is 484 g/mol. The Labute approximate surface area is 169 Å². The van der Waals surface area contributed by atoms with Crippen LogP contribution in [-0.4, -0.2) is 7.11 Å². The van der Waals surface area contributed by atoms with Crippen LogP contribution in [0.1, 0.15) is 11.1 Å². The molecule has 0 aliphatic carbocycles. The van der Waals surface area contributed by atoms with Gasteiger partial charge in [0.2, 0.25) is 0 Å². The number of ether oxygens (including phenoxy) is 2. The summed E-state index contributed by atoms with van der Waals surface area (Å²) >= 11 is 14.2. The number of allylic oxidation sites excluding steroid dienone is 1. The van der Waals surface area contributed by atoms with Gasteiger partial charge in [-0.1, -0.05) is 29.3 Å². The van der Waals surface area contributed by atoms with Crippen LogP contribution in [0, 0.1) is 26.2 Å². The highest BCUT2D eigenvalue weighted by Crippen LogP contribution is 2.35. The van der Waals surface area contributed by atoms with E-state index >= 15 is 0 Å². The maximum Gasteiger partial charge on any atom is 0.174 e. The van der Waals surface area contributed by atoms with Gasteiger partial charge >= 0.3 is 0 Å². The average Bonchev–Trinajstić information content (AvgIpc) is 2.59. The highest BCUT2D eigenvalue weighted by molar-refractivity contribution is 14.1. The van der Waals surface area contributed by atoms with Crippen LogP contribution >= 0.6 is 45.8 Å². The minimum Gasteiger partial charge on any atom is -0.493 e. The molecule has 0 aliphatic rings. The number of benzene rings is 2. The van der Waals surface area contributed by atoms with Crippen LogP contribution < -0.4 is 9.47 Å². The van der Waals surface area contributed by atoms with Crippen LogP contribution in [-0.2, 0) is 6.61 Å². The van der Waals surface area contributed by atoms with Gasteiger partial charge in [0.15, 0.2) is 11.5 Å². The molecule has 0 spiro atoms. The van der Waals surface area contributed by atoms with Crippen molar-refractivity contribution in [1.29, 1.82) is 10.5 Å². The molecule has 0 radical (unpaired) electrons. The van der Waals surface area contributed by atoms with E-state index in [2.05, 4.69) is 22.6 Å². The van der Waals surface area contributed by atoms with Gasteiger partial charge in [0, 0.05) is 15.6 Å². The van der Waals surface area contributed by atoms with Crippen molar-refractivity contribution in [2.45, 2.75) is 6.61 Å². The molecule has 7 heteroatoms. The van der Waals surface area contributed by atoms with Crippen LogP contribution in [0.3, 0.4) is 0 Å². The van der Waals surface area contributed by atoms with Gasteiger partial charge in [0.1, 0.15) is 24.3 Å². The standard InChI is InChI=1S/C18H11Cl2IN2O2/c1-24-17-6-11(4-12(8-22)9-23)5-16(21)18(17)25-10-13-2-3-14(19)7-15(13)20/h2-7H,10H2,1H3. The zero-order valence-electron chi connectivity index (χ0n) is 13.0. The van der Waals surface area contributed by atoms with Crippen LogP contribution in [0.5, 0.6) is 11.5 Å². The first-order valence-corrected chi connectivity index (χ1v) is 8.78. The minimum atomic E-state index is 0.0134. The molecule has 25 heavy (non-hydrogen) atoms. The summed E-state index contributed by atoms with van der Waals surface area (Å²) in [5.74, 6) is 1.06. The molecule has 0 amide bonds. The van der Waals surface area contributed by atoms with Gasteiger partial charge in [-0.2, -0.15) is 10.5 Å². The second kappa shape index (κ2) is 8.96. The van der Waals surface area contributed by atoms with E-state index in [1.54, 1.807) is 30.3 Å². The largest absolute Gasteiger partial charge is 0.493 e. The molecule has 0 unspecified atom stereocenters. The summed E-state index contributed by atoms with van der Waals surface area (Å²) in [6, 6.07) is 12.4. The normalized spacial score (nSPS) is 9.68. The molecular weight excluding hydrogens is 474 g/mol. The number of nitrogens with zero attached hydrogens (tertiary/aromatic N) is 2. The van der Waals surface area contributed by atoms with Crippen molar-refractivity contribution in [2.24, 2.45) is 0 Å². The van der Waals surface area contributed by atoms with E-state index < -0.39 is 0 Å². The SMILES string of the molecule is COc1cc(C=C(C#N)C#N)cc(I)c1OCc1ccc(Cl)cc1Cl. The predicted octanol–water partition coefficient (Wildman–Crippen LogP) is 5.62. The zero-order valence-corrected chi connectivity index (χ0v) is 16.7. The van der Waals surface area contributed by atoms with Gasteiger partial charge < -0.3 is 9.47 Å². The molecule has 0 saturated carbocycles. The van der Waals surface area contributed by atoms with Crippen molar-refractivity contribution in [1.82, 2.24) is 0 Å². The van der Waals surface area contributed by atoms with Crippen molar-refractivity contribution in [2.75, 3.05) is 7.11 Å². The number of methoxy groups -OCH3 is 1. The number of hydrogen-bond acceptors (Lipinski definition) is 4. The van der Waals surface area contributed by atoms with Crippen molar-refractivity contribution in [3.63, 3.8) is 0 Å². The first-order valence-electron chi connectivity index (χ1n) is 6.94. The second-order valence-corrected chi connectivity index (χ2v) is 6.85. The maximum atomic E-state index is 8.87. The number of halogens is 3. The van der Waals surface area contributed by atoms with Crippen LogP contribution in [0.15, 0.2) is 35.9 Å². The van der Waals surface area contributed by atoms with Crippen molar-refractivity contribution < 1.29 is 9.47 Å². The lowest BCUT2D eigenvalue weighted by Gasteiger charge is -2.14. The summed E-state index contributed by atoms with van der Waals surface area (Å²) in [5.41, 5.74) is 1.49. The van der Waals surface area contributed by atoms with Crippen molar-refractivity contribution in [3.8, 4) is 23.6 Å². The molecule has 0 aliphatic heterocycles. The number of rotatable bonds is 5. The summed E-state index contributed by atoms with van der Waals surface area (Å²) in [5, 5.41) is 18.8. The van der Waals surface area contributed by atoms with E-state index in [1.165, 1.54) is 13.2 Å². The lowest BCUT2D eigenvalue weighted by Crippen LogP contribution is -2.01. The Morgan fingerprint density at radius 2 is 1.92 bits per heavy atom. The molecule has 0 atom stereocenters. The maximum absolute atomic E-state index is 8.87. The fourth-order valence-corrected chi connectivity index (χ4v) is 3.25. The first kappa shape index (κ1) is 19.4. The molecule has 2 rings (SSSR count). The Kier molecular flexibility index (Phi) is 6.95. The van der Waals surface area contributed by atoms with Gasteiger partial charge in [0.05, 0.1) is 10.7 Å². The Hall–Kier alpha value is -1.93. The van der Waals surface area contributed by atoms with Crippen LogP contribution in [0.25, 0.3) is 6.08 Å². The first-order chi connectivity index (χ1) is 12.0. The topological polar surface area (TPSA) is 66.0 Å². The molecule has 2 aromatic carbocycles. The van der Waals surface area contributed by atoms with Crippen LogP contribution in [0.4, 0.5) is 0 Å². The van der Waals surface area contributed by atoms with E-state index in [4.69, 9.17) is 43.2 Å². The third-order valence-corrected chi connectivity index (χ3v) is 4.58. The fraction of sp³-hybridized carbons (Fsp3) is 0.111. The quantitative estimate of drug-likeness (QED) is 0.408. The van der Waals surface area contributed by atoms with E-state index in [-0.39, 0.29) is 12.2 Å². The number of hydrogen-bond donors (Lipinski definition) is 0. The minimum absolute atomic E-state index is 0.0134. The Morgan fingerprint density at radius 3 is 2.52 bits per heavy atom. The summed E-state index contributed by atoms with van der Waals surface area (Å²) in [6.07, 6.45) is 1.49. The predicted molar refractivity (Wildman–Crippen MR) is 106 cm³/mol. The zero-order chi connectivity index (χ0) is 18.4. The average molecular weight is 485 g/mol. The van der Waals surface area contributed by atoms with Gasteiger partial charge in [-0.15, -0.1) is 0 Å². The van der Waals surface area contributed by atoms with Gasteiger partial charge in [-0.25, -0.2) is 0 Å². The molecule has 0 N–H and O–H groups in total. The Morgan fingerprint density at radius 1 is 1.20 bits per heavy atom. The number of nitriles is 2. The van der Waals surface area contributed by atoms with E-state index in [1.807, 2.05) is 12.1 Å². The molecule has 0 fully saturated rings. The Bertz CT molecular complexity index is 899. The highest BCUT2D eigenvalue weighted by Gasteiger charge is 2.13. The molecule has 2 aromatic rings. The summed E-state index contributed by atoms with van der Waals surface area (Å²) < 4.78 is 12.0. The lowest BCUT2D eigenvalue weighted by atomic mass is 10.1. The highest BCUT2D eigenvalue weighted by atomic mass is 127. The Balaban J connectivity index is 2.31. The van der Waals surface area contributed by atoms with Crippen molar-refractivity contribution >= 4 is 51.9 Å². The fourth-order valence-electron chi connectivity index (χ4n) is 2.01. The van der Waals surface area contributed by atoms with Gasteiger partial charge in [0.25, 0.3) is 0 Å². The molecule has 4 nitrogen and oxygen atoms in total. The van der Waals surface area contributed by atoms with Crippen LogP contribution in [0.2, 0.25) is 10.0 Å². The molecular formula is C18H11Cl2IN2O2. The molecule has 0 heterocycles. The van der Waals surface area contributed by atoms with E-state index in [9.17, 15) is 0 Å². The molecule has 0 saturated heterocycles. The van der Waals surface area contributed by atoms with E-state index in [0.717, 1.165) is 9.13 Å². The van der Waals surface area contributed by atoms with Gasteiger partial charge in [-0.05, 0) is 58.5 Å². The smallest absolute Gasteiger partial charge is 0.174 e.